The van der Waals surface area contributed by atoms with Gasteiger partial charge in [-0.25, -0.2) is 4.79 Å². The minimum atomic E-state index is -4.75. The molecule has 10 nitrogen and oxygen atoms in total. The number of thioether (sulfide) groups is 1. The lowest BCUT2D eigenvalue weighted by Gasteiger charge is -2.18. The van der Waals surface area contributed by atoms with Gasteiger partial charge in [0.05, 0.1) is 28.9 Å². The van der Waals surface area contributed by atoms with Gasteiger partial charge in [-0.15, -0.1) is 11.8 Å². The zero-order valence-electron chi connectivity index (χ0n) is 25.7. The highest BCUT2D eigenvalue weighted by atomic mass is 32.2. The molecule has 0 unspecified atom stereocenters. The molecular formula is C34H31F3O10S. The van der Waals surface area contributed by atoms with Crippen LogP contribution in [0.3, 0.4) is 0 Å². The number of hydrogen-bond acceptors (Lipinski definition) is 10. The van der Waals surface area contributed by atoms with E-state index in [1.807, 2.05) is 6.92 Å². The molecule has 0 aliphatic heterocycles. The third-order valence-corrected chi connectivity index (χ3v) is 8.07. The fourth-order valence-corrected chi connectivity index (χ4v) is 5.70. The first-order chi connectivity index (χ1) is 22.8. The molecule has 0 radical (unpaired) electrons. The van der Waals surface area contributed by atoms with Crippen LogP contribution in [0, 0.1) is 0 Å². The number of phenols is 1. The topological polar surface area (TPSA) is 157 Å². The van der Waals surface area contributed by atoms with Gasteiger partial charge < -0.3 is 33.6 Å². The van der Waals surface area contributed by atoms with Crippen molar-refractivity contribution < 1.29 is 56.4 Å². The molecule has 0 amide bonds. The SMILES string of the molecule is CCCc1c(OCC/C=C\C=C\[C@H](Sc2ccc3c(=O)cc(OC(=O)O)oc3c2)[C@H](O)c2ccc(C(F)(F)F)o2)ccc(C(C)=O)c1O. The van der Waals surface area contributed by atoms with E-state index in [-0.39, 0.29) is 40.4 Å². The van der Waals surface area contributed by atoms with Crippen LogP contribution in [0.5, 0.6) is 17.4 Å². The zero-order chi connectivity index (χ0) is 35.0. The molecule has 0 aliphatic carbocycles. The number of carbonyl (C=O) groups is 2. The summed E-state index contributed by atoms with van der Waals surface area (Å²) in [4.78, 5) is 35.5. The summed E-state index contributed by atoms with van der Waals surface area (Å²) in [5.74, 6) is -2.03. The molecule has 2 heterocycles. The smallest absolute Gasteiger partial charge is 0.507 e. The van der Waals surface area contributed by atoms with Crippen LogP contribution in [0.15, 0.2) is 91.4 Å². The summed E-state index contributed by atoms with van der Waals surface area (Å²) in [6.45, 7) is 3.55. The van der Waals surface area contributed by atoms with Crippen LogP contribution in [0.4, 0.5) is 18.0 Å². The Morgan fingerprint density at radius 1 is 1.06 bits per heavy atom. The number of ketones is 1. The Morgan fingerprint density at radius 3 is 2.50 bits per heavy atom. The van der Waals surface area contributed by atoms with E-state index in [9.17, 15) is 37.8 Å². The second-order valence-electron chi connectivity index (χ2n) is 10.4. The minimum Gasteiger partial charge on any atom is -0.507 e. The van der Waals surface area contributed by atoms with Crippen LogP contribution in [0.25, 0.3) is 11.0 Å². The largest absolute Gasteiger partial charge is 0.513 e. The van der Waals surface area contributed by atoms with E-state index >= 15 is 0 Å². The number of carbonyl (C=O) groups excluding carboxylic acids is 1. The lowest BCUT2D eigenvalue weighted by atomic mass is 10.0. The summed E-state index contributed by atoms with van der Waals surface area (Å²) < 4.78 is 60.1. The minimum absolute atomic E-state index is 0.00966. The average Bonchev–Trinajstić information content (AvgIpc) is 3.52. The Kier molecular flexibility index (Phi) is 11.8. The van der Waals surface area contributed by atoms with Gasteiger partial charge in [-0.05, 0) is 62.2 Å². The zero-order valence-corrected chi connectivity index (χ0v) is 26.5. The molecule has 3 N–H and O–H groups in total. The van der Waals surface area contributed by atoms with E-state index < -0.39 is 40.8 Å². The Bertz CT molecular complexity index is 1890. The van der Waals surface area contributed by atoms with Crippen molar-refractivity contribution in [1.29, 1.82) is 0 Å². The van der Waals surface area contributed by atoms with Gasteiger partial charge in [0, 0.05) is 10.5 Å². The molecule has 0 spiro atoms. The van der Waals surface area contributed by atoms with Gasteiger partial charge in [-0.1, -0.05) is 37.6 Å². The predicted octanol–water partition coefficient (Wildman–Crippen LogP) is 8.10. The van der Waals surface area contributed by atoms with E-state index in [1.54, 1.807) is 36.4 Å². The van der Waals surface area contributed by atoms with Gasteiger partial charge in [-0.3, -0.25) is 9.59 Å². The number of fused-ring (bicyclic) bond motifs is 1. The molecule has 0 aliphatic rings. The average molecular weight is 689 g/mol. The molecule has 0 fully saturated rings. The highest BCUT2D eigenvalue weighted by Crippen LogP contribution is 2.38. The van der Waals surface area contributed by atoms with Gasteiger partial charge in [0.2, 0.25) is 5.76 Å². The molecule has 0 saturated heterocycles. The van der Waals surface area contributed by atoms with Crippen molar-refractivity contribution in [3.63, 3.8) is 0 Å². The first kappa shape index (κ1) is 35.9. The van der Waals surface area contributed by atoms with Crippen LogP contribution in [-0.4, -0.2) is 39.1 Å². The van der Waals surface area contributed by atoms with Crippen molar-refractivity contribution in [3.8, 4) is 17.4 Å². The van der Waals surface area contributed by atoms with Crippen LogP contribution < -0.4 is 14.9 Å². The highest BCUT2D eigenvalue weighted by molar-refractivity contribution is 8.00. The number of aromatic hydroxyl groups is 1. The second kappa shape index (κ2) is 15.8. The Balaban J connectivity index is 1.51. The molecule has 2 aromatic carbocycles. The Morgan fingerprint density at radius 2 is 1.83 bits per heavy atom. The molecule has 2 atom stereocenters. The Labute approximate surface area is 276 Å². The van der Waals surface area contributed by atoms with Crippen LogP contribution in [0.1, 0.15) is 60.2 Å². The molecule has 0 bridgehead atoms. The van der Waals surface area contributed by atoms with Crippen molar-refractivity contribution in [2.75, 3.05) is 6.61 Å². The van der Waals surface area contributed by atoms with Gasteiger partial charge >= 0.3 is 12.3 Å². The molecule has 4 rings (SSSR count). The number of Topliss-reactive ketones (excluding diaryl/α,β-unsaturated/α-hetero) is 1. The fraction of sp³-hybridized carbons (Fsp3) is 0.265. The summed E-state index contributed by atoms with van der Waals surface area (Å²) in [5.41, 5.74) is 0.203. The highest BCUT2D eigenvalue weighted by Gasteiger charge is 2.36. The van der Waals surface area contributed by atoms with Crippen molar-refractivity contribution in [2.24, 2.45) is 0 Å². The first-order valence-electron chi connectivity index (χ1n) is 14.6. The number of rotatable bonds is 14. The predicted molar refractivity (Wildman–Crippen MR) is 170 cm³/mol. The van der Waals surface area contributed by atoms with E-state index in [0.29, 0.717) is 29.1 Å². The molecule has 0 saturated carbocycles. The number of ether oxygens (including phenoxy) is 2. The lowest BCUT2D eigenvalue weighted by molar-refractivity contribution is -0.154. The van der Waals surface area contributed by atoms with Gasteiger partial charge in [0.25, 0.3) is 5.95 Å². The van der Waals surface area contributed by atoms with Gasteiger partial charge in [0.15, 0.2) is 11.2 Å². The number of halogens is 3. The Hall–Kier alpha value is -4.95. The van der Waals surface area contributed by atoms with Crippen LogP contribution in [0.2, 0.25) is 0 Å². The van der Waals surface area contributed by atoms with Crippen molar-refractivity contribution in [3.05, 3.63) is 106 Å². The van der Waals surface area contributed by atoms with Gasteiger partial charge in [-0.2, -0.15) is 13.2 Å². The van der Waals surface area contributed by atoms with Crippen molar-refractivity contribution in [1.82, 2.24) is 0 Å². The summed E-state index contributed by atoms with van der Waals surface area (Å²) in [7, 11) is 0. The summed E-state index contributed by atoms with van der Waals surface area (Å²) in [6.07, 6.45) is 0.259. The van der Waals surface area contributed by atoms with Crippen LogP contribution in [-0.2, 0) is 12.6 Å². The number of aliphatic hydroxyl groups excluding tert-OH is 1. The van der Waals surface area contributed by atoms with E-state index in [0.717, 1.165) is 36.4 Å². The number of carboxylic acid groups (broad SMARTS) is 1. The summed E-state index contributed by atoms with van der Waals surface area (Å²) in [5, 5.41) is 29.7. The molecular weight excluding hydrogens is 657 g/mol. The molecule has 2 aromatic heterocycles. The number of allylic oxidation sites excluding steroid dienone is 2. The fourth-order valence-electron chi connectivity index (χ4n) is 4.63. The summed E-state index contributed by atoms with van der Waals surface area (Å²) in [6, 6.07) is 10.2. The summed E-state index contributed by atoms with van der Waals surface area (Å²) >= 11 is 1.02. The maximum Gasteiger partial charge on any atom is 0.513 e. The van der Waals surface area contributed by atoms with Gasteiger partial charge in [0.1, 0.15) is 28.9 Å². The van der Waals surface area contributed by atoms with Crippen molar-refractivity contribution in [2.45, 2.75) is 55.5 Å². The number of aliphatic hydroxyl groups is 1. The molecule has 14 heteroatoms. The third kappa shape index (κ3) is 9.10. The van der Waals surface area contributed by atoms with Crippen molar-refractivity contribution >= 4 is 34.7 Å². The first-order valence-corrected chi connectivity index (χ1v) is 15.5. The second-order valence-corrected chi connectivity index (χ2v) is 11.6. The van der Waals surface area contributed by atoms with Crippen LogP contribution >= 0.6 is 11.8 Å². The monoisotopic (exact) mass is 688 g/mol. The quantitative estimate of drug-likeness (QED) is 0.0387. The molecule has 4 aromatic rings. The number of hydrogen-bond donors (Lipinski definition) is 3. The number of furan rings is 1. The normalized spacial score (nSPS) is 13.3. The maximum atomic E-state index is 13.2. The number of phenolic OH excluding ortho intramolecular Hbond substituents is 1. The lowest BCUT2D eigenvalue weighted by Crippen LogP contribution is -2.12. The third-order valence-electron chi connectivity index (χ3n) is 6.86. The van der Waals surface area contributed by atoms with E-state index in [2.05, 4.69) is 4.74 Å². The molecule has 254 valence electrons. The van der Waals surface area contributed by atoms with E-state index in [4.69, 9.17) is 18.7 Å². The maximum absolute atomic E-state index is 13.2. The molecule has 48 heavy (non-hydrogen) atoms. The standard InChI is InChI=1S/C34H31F3O10S/c1-3-8-23-25(13-12-21(19(2)38)31(23)40)44-16-7-5-4-6-9-28(32(41)26-14-15-29(45-26)34(35,36)37)48-20-10-11-22-24(39)18-30(47-33(42)43)46-27(22)17-20/h4-6,9-15,17-18,28,32,40-41H,3,7-8,16H2,1-2H3,(H,42,43)/b5-4-,9-6+/t28-,32+/m0/s1. The number of alkyl halides is 3. The number of benzene rings is 2. The van der Waals surface area contributed by atoms with E-state index in [1.165, 1.54) is 25.1 Å².